The number of ether oxygens (including phenoxy) is 2. The molecule has 6 aromatic rings. The highest BCUT2D eigenvalue weighted by atomic mass is 16.5. The molecular formula is C51H53N5O9. The Morgan fingerprint density at radius 2 is 1.52 bits per heavy atom. The average molecular weight is 880 g/mol. The van der Waals surface area contributed by atoms with Gasteiger partial charge in [0.1, 0.15) is 11.5 Å². The molecule has 1 unspecified atom stereocenters. The number of aliphatic hydroxyl groups is 2. The molecule has 1 aromatic heterocycles. The fourth-order valence-corrected chi connectivity index (χ4v) is 8.41. The van der Waals surface area contributed by atoms with E-state index in [1.165, 1.54) is 17.7 Å². The number of rotatable bonds is 17. The van der Waals surface area contributed by atoms with E-state index >= 15 is 0 Å². The van der Waals surface area contributed by atoms with Gasteiger partial charge in [0.05, 0.1) is 24.3 Å². The van der Waals surface area contributed by atoms with Crippen LogP contribution in [0.1, 0.15) is 57.1 Å². The van der Waals surface area contributed by atoms with Gasteiger partial charge in [0, 0.05) is 55.3 Å². The van der Waals surface area contributed by atoms with Crippen molar-refractivity contribution in [2.75, 3.05) is 45.9 Å². The minimum atomic E-state index is -2.11. The maximum Gasteiger partial charge on any atom is 0.347 e. The van der Waals surface area contributed by atoms with Crippen LogP contribution in [0.2, 0.25) is 0 Å². The topological polar surface area (TPSA) is 194 Å². The van der Waals surface area contributed by atoms with Crippen molar-refractivity contribution in [2.45, 2.75) is 43.7 Å². The van der Waals surface area contributed by atoms with Crippen LogP contribution in [0.3, 0.4) is 0 Å². The molecule has 8 rings (SSSR count). The molecule has 14 heteroatoms. The summed E-state index contributed by atoms with van der Waals surface area (Å²) in [6, 6.07) is 38.3. The molecule has 0 saturated carbocycles. The number of H-pyrrole nitrogens is 1. The van der Waals surface area contributed by atoms with Crippen LogP contribution in [0.4, 0.5) is 0 Å². The number of amides is 2. The number of pyridine rings is 1. The first kappa shape index (κ1) is 44.8. The number of hydrogen-bond donors (Lipinski definition) is 6. The summed E-state index contributed by atoms with van der Waals surface area (Å²) in [7, 11) is 0. The first-order valence-corrected chi connectivity index (χ1v) is 21.9. The van der Waals surface area contributed by atoms with E-state index in [1.54, 1.807) is 83.8 Å². The van der Waals surface area contributed by atoms with Crippen LogP contribution in [-0.4, -0.2) is 99.9 Å². The lowest BCUT2D eigenvalue weighted by Gasteiger charge is -2.39. The van der Waals surface area contributed by atoms with Crippen molar-refractivity contribution in [1.29, 1.82) is 0 Å². The van der Waals surface area contributed by atoms with Gasteiger partial charge in [-0.25, -0.2) is 4.79 Å². The molecule has 6 N–H and O–H groups in total. The Labute approximate surface area is 376 Å². The summed E-state index contributed by atoms with van der Waals surface area (Å²) in [5, 5.41) is 39.8. The maximum absolute atomic E-state index is 13.8. The average Bonchev–Trinajstić information content (AvgIpc) is 3.32. The van der Waals surface area contributed by atoms with Gasteiger partial charge in [-0.1, -0.05) is 91.0 Å². The number of carbonyl (C=O) groups is 3. The molecule has 2 saturated heterocycles. The van der Waals surface area contributed by atoms with Crippen molar-refractivity contribution in [1.82, 2.24) is 25.4 Å². The summed E-state index contributed by atoms with van der Waals surface area (Å²) in [4.78, 5) is 58.3. The quantitative estimate of drug-likeness (QED) is 0.0692. The number of phenols is 1. The number of nitrogens with zero attached hydrogens (tertiary/aromatic N) is 2. The van der Waals surface area contributed by atoms with Crippen LogP contribution in [-0.2, 0) is 33.0 Å². The fourth-order valence-electron chi connectivity index (χ4n) is 8.41. The number of esters is 1. The Hall–Kier alpha value is -6.84. The molecule has 0 aliphatic carbocycles. The van der Waals surface area contributed by atoms with Gasteiger partial charge < -0.3 is 45.3 Å². The summed E-state index contributed by atoms with van der Waals surface area (Å²) in [5.74, 6) is -0.922. The Bertz CT molecular complexity index is 2650. The zero-order chi connectivity index (χ0) is 45.3. The second kappa shape index (κ2) is 20.3. The van der Waals surface area contributed by atoms with Crippen molar-refractivity contribution in [3.8, 4) is 11.5 Å². The highest BCUT2D eigenvalue weighted by molar-refractivity contribution is 5.94. The number of aromatic nitrogens is 1. The molecule has 336 valence electrons. The number of aromatic amines is 1. The molecule has 3 heterocycles. The number of benzene rings is 5. The number of aliphatic hydroxyl groups excluding tert-OH is 1. The molecule has 2 aliphatic heterocycles. The molecule has 2 amide bonds. The van der Waals surface area contributed by atoms with Crippen LogP contribution >= 0.6 is 0 Å². The summed E-state index contributed by atoms with van der Waals surface area (Å²) < 4.78 is 11.7. The second-order valence-electron chi connectivity index (χ2n) is 16.8. The highest BCUT2D eigenvalue weighted by Crippen LogP contribution is 2.34. The number of hydrogen-bond acceptors (Lipinski definition) is 11. The van der Waals surface area contributed by atoms with Gasteiger partial charge in [0.25, 0.3) is 11.8 Å². The van der Waals surface area contributed by atoms with Crippen molar-refractivity contribution in [2.24, 2.45) is 5.92 Å². The van der Waals surface area contributed by atoms with Gasteiger partial charge in [0.15, 0.2) is 6.61 Å². The molecule has 0 radical (unpaired) electrons. The summed E-state index contributed by atoms with van der Waals surface area (Å²) in [5.41, 5.74) is 1.60. The lowest BCUT2D eigenvalue weighted by molar-refractivity contribution is -0.164. The smallest absolute Gasteiger partial charge is 0.347 e. The third-order valence-corrected chi connectivity index (χ3v) is 12.2. The van der Waals surface area contributed by atoms with E-state index in [9.17, 15) is 34.5 Å². The molecule has 14 nitrogen and oxygen atoms in total. The minimum absolute atomic E-state index is 0.0767. The van der Waals surface area contributed by atoms with Crippen molar-refractivity contribution in [3.63, 3.8) is 0 Å². The highest BCUT2D eigenvalue weighted by Gasteiger charge is 2.42. The van der Waals surface area contributed by atoms with Crippen molar-refractivity contribution >= 4 is 28.7 Å². The lowest BCUT2D eigenvalue weighted by atomic mass is 9.86. The van der Waals surface area contributed by atoms with E-state index in [0.717, 1.165) is 38.0 Å². The standard InChI is InChI=1S/C51H53N5O9/c57-44-20-18-42(43-19-21-46(59)54-48(43)44)45(58)28-52-27-34-14-16-37(17-15-34)49(61)53-40-30-56(31-40)47(60)33-64-41-13-7-12-39(26-41)51(63,38-10-5-2-6-11-38)50(62)65-32-36-22-24-55(25-23-36)29-35-8-3-1-4-9-35/h1-21,26,36,40,45,52,57-58,63H,22-25,27-33H2,(H,53,61)(H,54,59)/t45-,51?/m0/s1. The largest absolute Gasteiger partial charge is 0.506 e. The first-order valence-electron chi connectivity index (χ1n) is 21.9. The molecular weight excluding hydrogens is 827 g/mol. The zero-order valence-electron chi connectivity index (χ0n) is 35.9. The first-order chi connectivity index (χ1) is 31.5. The molecule has 0 spiro atoms. The number of nitrogens with one attached hydrogen (secondary N) is 3. The van der Waals surface area contributed by atoms with Crippen molar-refractivity contribution < 1.29 is 39.2 Å². The van der Waals surface area contributed by atoms with Crippen LogP contribution < -0.4 is 20.9 Å². The molecule has 0 bridgehead atoms. The Kier molecular flexibility index (Phi) is 14.0. The third-order valence-electron chi connectivity index (χ3n) is 12.2. The maximum atomic E-state index is 13.8. The van der Waals surface area contributed by atoms with Crippen LogP contribution in [0.15, 0.2) is 138 Å². The molecule has 5 aromatic carbocycles. The van der Waals surface area contributed by atoms with Gasteiger partial charge in [-0.15, -0.1) is 0 Å². The van der Waals surface area contributed by atoms with Crippen LogP contribution in [0.5, 0.6) is 11.5 Å². The minimum Gasteiger partial charge on any atom is -0.506 e. The number of piperidine rings is 1. The fraction of sp³-hybridized carbons (Fsp3) is 0.294. The molecule has 65 heavy (non-hydrogen) atoms. The van der Waals surface area contributed by atoms with Crippen LogP contribution in [0, 0.1) is 5.92 Å². The SMILES string of the molecule is O=C(NC1CN(C(=O)COc2cccc(C(O)(C(=O)OCC3CCN(Cc4ccccc4)CC3)c3ccccc3)c2)C1)c1ccc(CNC[C@H](O)c2ccc(O)c3[nH]c(=O)ccc23)cc1. The molecule has 2 atom stereocenters. The molecule has 2 fully saturated rings. The predicted molar refractivity (Wildman–Crippen MR) is 244 cm³/mol. The second-order valence-corrected chi connectivity index (χ2v) is 16.8. The summed E-state index contributed by atoms with van der Waals surface area (Å²) in [6.07, 6.45) is 0.853. The van der Waals surface area contributed by atoms with E-state index in [2.05, 4.69) is 32.7 Å². The third kappa shape index (κ3) is 10.8. The van der Waals surface area contributed by atoms with E-state index in [-0.39, 0.29) is 65.9 Å². The van der Waals surface area contributed by atoms with E-state index in [0.29, 0.717) is 47.5 Å². The van der Waals surface area contributed by atoms with E-state index in [4.69, 9.17) is 9.47 Å². The van der Waals surface area contributed by atoms with Crippen LogP contribution in [0.25, 0.3) is 10.9 Å². The Balaban J connectivity index is 0.781. The zero-order valence-corrected chi connectivity index (χ0v) is 35.9. The number of phenolic OH excluding ortho intramolecular Hbond substituents is 1. The normalized spacial score (nSPS) is 16.0. The Morgan fingerprint density at radius 3 is 2.26 bits per heavy atom. The van der Waals surface area contributed by atoms with Gasteiger partial charge in [-0.3, -0.25) is 19.3 Å². The van der Waals surface area contributed by atoms with Gasteiger partial charge in [0.2, 0.25) is 11.2 Å². The molecule has 2 aliphatic rings. The van der Waals surface area contributed by atoms with Gasteiger partial charge in [-0.2, -0.15) is 0 Å². The predicted octanol–water partition coefficient (Wildman–Crippen LogP) is 4.77. The monoisotopic (exact) mass is 879 g/mol. The number of aromatic hydroxyl groups is 1. The van der Waals surface area contributed by atoms with E-state index < -0.39 is 17.7 Å². The number of fused-ring (bicyclic) bond motifs is 1. The Morgan fingerprint density at radius 1 is 0.815 bits per heavy atom. The lowest BCUT2D eigenvalue weighted by Crippen LogP contribution is -2.61. The number of likely N-dealkylation sites (tertiary alicyclic amines) is 2. The summed E-state index contributed by atoms with van der Waals surface area (Å²) >= 11 is 0. The van der Waals surface area contributed by atoms with Crippen molar-refractivity contribution in [3.05, 3.63) is 177 Å². The van der Waals surface area contributed by atoms with Gasteiger partial charge in [-0.05, 0) is 90.5 Å². The number of carbonyl (C=O) groups excluding carboxylic acids is 3. The summed E-state index contributed by atoms with van der Waals surface area (Å²) in [6.45, 7) is 3.85. The van der Waals surface area contributed by atoms with Gasteiger partial charge >= 0.3 is 5.97 Å². The van der Waals surface area contributed by atoms with E-state index in [1.807, 2.05) is 30.3 Å².